The van der Waals surface area contributed by atoms with Crippen molar-refractivity contribution in [2.75, 3.05) is 50.9 Å². The lowest BCUT2D eigenvalue weighted by Gasteiger charge is -2.27. The quantitative estimate of drug-likeness (QED) is 0.494. The number of morpholine rings is 1. The molecule has 3 aromatic rings. The van der Waals surface area contributed by atoms with Gasteiger partial charge in [0.2, 0.25) is 5.65 Å². The summed E-state index contributed by atoms with van der Waals surface area (Å²) in [6.07, 6.45) is 6.57. The number of hydrogen-bond acceptors (Lipinski definition) is 8. The minimum Gasteiger partial charge on any atom is -0.492 e. The number of ether oxygens (including phenoxy) is 3. The van der Waals surface area contributed by atoms with E-state index in [-0.39, 0.29) is 17.9 Å². The van der Waals surface area contributed by atoms with Crippen LogP contribution in [0.3, 0.4) is 0 Å². The molecular weight excluding hydrogens is 479 g/mol. The number of nitrogens with zero attached hydrogens (tertiary/aromatic N) is 5. The number of benzene rings is 1. The molecule has 1 amide bonds. The first-order chi connectivity index (χ1) is 18.1. The van der Waals surface area contributed by atoms with Gasteiger partial charge in [0.1, 0.15) is 24.0 Å². The van der Waals surface area contributed by atoms with Crippen LogP contribution in [0.2, 0.25) is 0 Å². The van der Waals surface area contributed by atoms with Gasteiger partial charge in [0.05, 0.1) is 25.5 Å². The lowest BCUT2D eigenvalue weighted by atomic mass is 10.0. The van der Waals surface area contributed by atoms with Crippen molar-refractivity contribution in [1.29, 1.82) is 0 Å². The molecule has 0 unspecified atom stereocenters. The summed E-state index contributed by atoms with van der Waals surface area (Å²) in [6, 6.07) is 6.98. The molecule has 1 saturated carbocycles. The third-order valence-corrected chi connectivity index (χ3v) is 7.03. The number of carbonyl (C=O) groups excluding carboxylic acids is 1. The van der Waals surface area contributed by atoms with Gasteiger partial charge in [0.25, 0.3) is 0 Å². The van der Waals surface area contributed by atoms with Gasteiger partial charge in [-0.2, -0.15) is 5.10 Å². The van der Waals surface area contributed by atoms with E-state index in [1.807, 2.05) is 12.1 Å². The number of anilines is 1. The van der Waals surface area contributed by atoms with Crippen LogP contribution in [0.1, 0.15) is 37.3 Å². The van der Waals surface area contributed by atoms with Crippen LogP contribution < -0.4 is 19.7 Å². The standard InChI is InChI=1S/C26H31FN6O4/c27-19-14-18(15-21(16-19)36-13-10-31-8-11-35-12-9-31)22-2-1-6-32(22)24-5-7-33-25(30-24)23(17-28-33)37-26(34)29-20-3-4-20/h5,7,14-17,20,22H,1-4,6,8-13H2,(H,29,34)/t22-/m1/s1. The van der Waals surface area contributed by atoms with Crippen LogP contribution >= 0.6 is 0 Å². The lowest BCUT2D eigenvalue weighted by Crippen LogP contribution is -2.38. The first-order valence-electron chi connectivity index (χ1n) is 13.0. The SMILES string of the molecule is O=C(NC1CC1)Oc1cnn2ccc(N3CCC[C@@H]3c3cc(F)cc(OCCN4CCOCC4)c3)nc12. The van der Waals surface area contributed by atoms with Crippen LogP contribution in [0.5, 0.6) is 11.5 Å². The molecule has 3 aliphatic rings. The molecule has 10 nitrogen and oxygen atoms in total. The molecule has 0 spiro atoms. The number of carbonyl (C=O) groups is 1. The molecule has 0 radical (unpaired) electrons. The smallest absolute Gasteiger partial charge is 0.413 e. The fourth-order valence-corrected chi connectivity index (χ4v) is 4.96. The van der Waals surface area contributed by atoms with E-state index >= 15 is 0 Å². The third kappa shape index (κ3) is 5.62. The Hall–Kier alpha value is -3.44. The Morgan fingerprint density at radius 2 is 2.03 bits per heavy atom. The minimum absolute atomic E-state index is 0.0438. The number of hydrogen-bond donors (Lipinski definition) is 1. The van der Waals surface area contributed by atoms with Crippen molar-refractivity contribution < 1.29 is 23.4 Å². The first kappa shape index (κ1) is 23.9. The van der Waals surface area contributed by atoms with Gasteiger partial charge in [-0.25, -0.2) is 18.7 Å². The molecule has 2 saturated heterocycles. The largest absolute Gasteiger partial charge is 0.492 e. The zero-order chi connectivity index (χ0) is 25.2. The summed E-state index contributed by atoms with van der Waals surface area (Å²) in [7, 11) is 0. The van der Waals surface area contributed by atoms with E-state index in [1.165, 1.54) is 12.3 Å². The summed E-state index contributed by atoms with van der Waals surface area (Å²) < 4.78 is 33.0. The minimum atomic E-state index is -0.496. The topological polar surface area (TPSA) is 93.5 Å². The Morgan fingerprint density at radius 1 is 1.16 bits per heavy atom. The molecule has 2 aliphatic heterocycles. The monoisotopic (exact) mass is 510 g/mol. The molecule has 3 fully saturated rings. The molecule has 196 valence electrons. The van der Waals surface area contributed by atoms with E-state index in [0.29, 0.717) is 23.8 Å². The van der Waals surface area contributed by atoms with E-state index in [4.69, 9.17) is 19.2 Å². The van der Waals surface area contributed by atoms with Crippen molar-refractivity contribution in [2.24, 2.45) is 0 Å². The molecule has 1 atom stereocenters. The van der Waals surface area contributed by atoms with Crippen molar-refractivity contribution in [3.63, 3.8) is 0 Å². The van der Waals surface area contributed by atoms with Crippen LogP contribution in [0.15, 0.2) is 36.7 Å². The molecule has 6 rings (SSSR count). The number of fused-ring (bicyclic) bond motifs is 1. The molecular formula is C26H31FN6O4. The van der Waals surface area contributed by atoms with Gasteiger partial charge < -0.3 is 24.4 Å². The predicted octanol–water partition coefficient (Wildman–Crippen LogP) is 3.17. The number of rotatable bonds is 8. The second kappa shape index (κ2) is 10.5. The summed E-state index contributed by atoms with van der Waals surface area (Å²) in [4.78, 5) is 21.4. The van der Waals surface area contributed by atoms with Crippen molar-refractivity contribution in [3.05, 3.63) is 48.0 Å². The van der Waals surface area contributed by atoms with Crippen LogP contribution in [0.4, 0.5) is 15.0 Å². The van der Waals surface area contributed by atoms with Crippen molar-refractivity contribution in [1.82, 2.24) is 24.8 Å². The van der Waals surface area contributed by atoms with Gasteiger partial charge in [-0.1, -0.05) is 0 Å². The maximum Gasteiger partial charge on any atom is 0.413 e. The summed E-state index contributed by atoms with van der Waals surface area (Å²) in [5.41, 5.74) is 1.31. The molecule has 1 aliphatic carbocycles. The van der Waals surface area contributed by atoms with E-state index in [2.05, 4.69) is 20.2 Å². The number of amides is 1. The normalized spacial score (nSPS) is 20.4. The summed E-state index contributed by atoms with van der Waals surface area (Å²) in [6.45, 7) is 5.31. The number of halogens is 1. The molecule has 1 aromatic carbocycles. The fraction of sp³-hybridized carbons (Fsp3) is 0.500. The average molecular weight is 511 g/mol. The highest BCUT2D eigenvalue weighted by Crippen LogP contribution is 2.37. The van der Waals surface area contributed by atoms with Gasteiger partial charge in [0, 0.05) is 44.5 Å². The highest BCUT2D eigenvalue weighted by molar-refractivity contribution is 5.74. The fourth-order valence-electron chi connectivity index (χ4n) is 4.96. The van der Waals surface area contributed by atoms with Crippen LogP contribution in [-0.2, 0) is 4.74 Å². The number of aromatic nitrogens is 3. The first-order valence-corrected chi connectivity index (χ1v) is 13.0. The second-order valence-electron chi connectivity index (χ2n) is 9.75. The summed E-state index contributed by atoms with van der Waals surface area (Å²) >= 11 is 0. The maximum atomic E-state index is 14.6. The molecule has 37 heavy (non-hydrogen) atoms. The van der Waals surface area contributed by atoms with Gasteiger partial charge in [-0.3, -0.25) is 4.90 Å². The average Bonchev–Trinajstić information content (AvgIpc) is 3.42. The summed E-state index contributed by atoms with van der Waals surface area (Å²) in [5, 5.41) is 7.06. The van der Waals surface area contributed by atoms with Gasteiger partial charge >= 0.3 is 6.09 Å². The Balaban J connectivity index is 1.17. The third-order valence-electron chi connectivity index (χ3n) is 7.03. The van der Waals surface area contributed by atoms with Crippen molar-refractivity contribution >= 4 is 17.6 Å². The zero-order valence-electron chi connectivity index (χ0n) is 20.6. The Labute approximate surface area is 214 Å². The van der Waals surface area contributed by atoms with Gasteiger partial charge in [0.15, 0.2) is 5.75 Å². The van der Waals surface area contributed by atoms with Gasteiger partial charge in [-0.15, -0.1) is 0 Å². The number of nitrogens with one attached hydrogen (secondary N) is 1. The lowest BCUT2D eigenvalue weighted by molar-refractivity contribution is 0.0322. The molecule has 2 aromatic heterocycles. The molecule has 11 heteroatoms. The Morgan fingerprint density at radius 3 is 2.86 bits per heavy atom. The van der Waals surface area contributed by atoms with Crippen LogP contribution in [0, 0.1) is 5.82 Å². The predicted molar refractivity (Wildman–Crippen MR) is 134 cm³/mol. The highest BCUT2D eigenvalue weighted by Gasteiger charge is 2.29. The Bertz CT molecular complexity index is 1260. The van der Waals surface area contributed by atoms with E-state index < -0.39 is 6.09 Å². The van der Waals surface area contributed by atoms with Gasteiger partial charge in [-0.05, 0) is 49.4 Å². The molecule has 1 N–H and O–H groups in total. The molecule has 0 bridgehead atoms. The highest BCUT2D eigenvalue weighted by atomic mass is 19.1. The second-order valence-corrected chi connectivity index (χ2v) is 9.75. The van der Waals surface area contributed by atoms with E-state index in [1.54, 1.807) is 16.8 Å². The van der Waals surface area contributed by atoms with E-state index in [0.717, 1.165) is 76.5 Å². The maximum absolute atomic E-state index is 14.6. The van der Waals surface area contributed by atoms with E-state index in [9.17, 15) is 9.18 Å². The van der Waals surface area contributed by atoms with Crippen molar-refractivity contribution in [3.8, 4) is 11.5 Å². The van der Waals surface area contributed by atoms with Crippen LogP contribution in [-0.4, -0.2) is 77.6 Å². The van der Waals surface area contributed by atoms with Crippen molar-refractivity contribution in [2.45, 2.75) is 37.8 Å². The van der Waals surface area contributed by atoms with Crippen LogP contribution in [0.25, 0.3) is 5.65 Å². The Kier molecular flexibility index (Phi) is 6.79. The zero-order valence-corrected chi connectivity index (χ0v) is 20.6. The molecule has 4 heterocycles. The summed E-state index contributed by atoms with van der Waals surface area (Å²) in [5.74, 6) is 1.24.